The highest BCUT2D eigenvalue weighted by molar-refractivity contribution is 6.14. The maximum atomic E-state index is 13.0. The third-order valence-corrected chi connectivity index (χ3v) is 4.92. The van der Waals surface area contributed by atoms with Gasteiger partial charge in [0.2, 0.25) is 0 Å². The van der Waals surface area contributed by atoms with Gasteiger partial charge in [-0.3, -0.25) is 9.69 Å². The lowest BCUT2D eigenvalue weighted by Gasteiger charge is -2.26. The fourth-order valence-electron chi connectivity index (χ4n) is 3.31. The number of aryl methyl sites for hydroxylation is 2. The first kappa shape index (κ1) is 18.3. The van der Waals surface area contributed by atoms with Gasteiger partial charge in [0.05, 0.1) is 0 Å². The second-order valence-corrected chi connectivity index (χ2v) is 7.03. The Labute approximate surface area is 156 Å². The van der Waals surface area contributed by atoms with E-state index in [4.69, 9.17) is 0 Å². The highest BCUT2D eigenvalue weighted by Gasteiger charge is 2.23. The molecule has 3 rings (SSSR count). The van der Waals surface area contributed by atoms with Crippen molar-refractivity contribution in [2.75, 3.05) is 20.1 Å². The van der Waals surface area contributed by atoms with Gasteiger partial charge < -0.3 is 0 Å². The fourth-order valence-corrected chi connectivity index (χ4v) is 3.31. The number of likely N-dealkylation sites (N-methyl/N-ethyl adjacent to an activating group) is 1. The van der Waals surface area contributed by atoms with Crippen LogP contribution in [-0.4, -0.2) is 30.8 Å². The summed E-state index contributed by atoms with van der Waals surface area (Å²) in [6.07, 6.45) is 6.13. The molecular weight excluding hydrogens is 318 g/mol. The van der Waals surface area contributed by atoms with E-state index >= 15 is 0 Å². The summed E-state index contributed by atoms with van der Waals surface area (Å²) in [6.45, 7) is 5.69. The molecule has 0 saturated carbocycles. The number of Topliss-reactive ketones (excluding diaryl/α,β-unsaturated/α-hetero) is 1. The van der Waals surface area contributed by atoms with Gasteiger partial charge in [0, 0.05) is 24.2 Å². The Morgan fingerprint density at radius 3 is 1.50 bits per heavy atom. The van der Waals surface area contributed by atoms with Gasteiger partial charge in [-0.15, -0.1) is 0 Å². The van der Waals surface area contributed by atoms with E-state index in [9.17, 15) is 4.79 Å². The van der Waals surface area contributed by atoms with E-state index in [1.807, 2.05) is 12.2 Å². The molecule has 0 N–H and O–H groups in total. The van der Waals surface area contributed by atoms with Crippen LogP contribution >= 0.6 is 0 Å². The summed E-state index contributed by atoms with van der Waals surface area (Å²) in [5.74, 6) is 0.169. The van der Waals surface area contributed by atoms with E-state index in [1.165, 1.54) is 11.1 Å². The second kappa shape index (κ2) is 8.29. The average Bonchev–Trinajstić information content (AvgIpc) is 2.66. The summed E-state index contributed by atoms with van der Waals surface area (Å²) in [7, 11) is 2.06. The van der Waals surface area contributed by atoms with Gasteiger partial charge in [0.1, 0.15) is 0 Å². The normalized spacial score (nSPS) is 18.7. The molecule has 0 aromatic heterocycles. The molecule has 1 aliphatic heterocycles. The Morgan fingerprint density at radius 1 is 0.769 bits per heavy atom. The van der Waals surface area contributed by atoms with Gasteiger partial charge in [-0.25, -0.2) is 0 Å². The number of likely N-dealkylation sites (tertiary alicyclic amines) is 1. The number of hydrogen-bond acceptors (Lipinski definition) is 2. The third-order valence-electron chi connectivity index (χ3n) is 4.92. The molecular formula is C24H27NO. The van der Waals surface area contributed by atoms with Crippen LogP contribution in [0.4, 0.5) is 0 Å². The zero-order chi connectivity index (χ0) is 18.5. The Bertz CT molecular complexity index is 756. The molecule has 134 valence electrons. The summed E-state index contributed by atoms with van der Waals surface area (Å²) >= 11 is 0. The Balaban J connectivity index is 1.86. The number of carbonyl (C=O) groups excluding carboxylic acids is 1. The quantitative estimate of drug-likeness (QED) is 0.742. The summed E-state index contributed by atoms with van der Waals surface area (Å²) in [5.41, 5.74) is 6.53. The topological polar surface area (TPSA) is 20.3 Å². The molecule has 2 aromatic rings. The molecule has 1 fully saturated rings. The zero-order valence-corrected chi connectivity index (χ0v) is 16.0. The fraction of sp³-hybridized carbons (Fsp3) is 0.292. The molecule has 0 spiro atoms. The molecule has 0 atom stereocenters. The highest BCUT2D eigenvalue weighted by Crippen LogP contribution is 2.21. The van der Waals surface area contributed by atoms with Crippen LogP contribution in [0.5, 0.6) is 0 Å². The Kier molecular flexibility index (Phi) is 5.85. The summed E-state index contributed by atoms with van der Waals surface area (Å²) in [6, 6.07) is 16.9. The van der Waals surface area contributed by atoms with Crippen LogP contribution in [-0.2, 0) is 17.6 Å². The van der Waals surface area contributed by atoms with Gasteiger partial charge in [0.15, 0.2) is 5.78 Å². The van der Waals surface area contributed by atoms with Crippen LogP contribution in [0, 0.1) is 0 Å². The van der Waals surface area contributed by atoms with Crippen molar-refractivity contribution >= 4 is 17.9 Å². The molecule has 1 heterocycles. The van der Waals surface area contributed by atoms with Gasteiger partial charge in [-0.05, 0) is 54.3 Å². The minimum absolute atomic E-state index is 0.169. The molecule has 1 saturated heterocycles. The minimum atomic E-state index is 0.169. The van der Waals surface area contributed by atoms with Crippen LogP contribution in [0.15, 0.2) is 59.7 Å². The van der Waals surface area contributed by atoms with Crippen molar-refractivity contribution < 1.29 is 4.79 Å². The first-order valence-corrected chi connectivity index (χ1v) is 9.41. The van der Waals surface area contributed by atoms with Crippen LogP contribution in [0.1, 0.15) is 36.1 Å². The average molecular weight is 345 g/mol. The predicted molar refractivity (Wildman–Crippen MR) is 110 cm³/mol. The third kappa shape index (κ3) is 4.39. The first-order valence-electron chi connectivity index (χ1n) is 9.41. The van der Waals surface area contributed by atoms with E-state index in [2.05, 4.69) is 74.3 Å². The van der Waals surface area contributed by atoms with Crippen LogP contribution < -0.4 is 0 Å². The van der Waals surface area contributed by atoms with E-state index in [1.54, 1.807) is 0 Å². The zero-order valence-electron chi connectivity index (χ0n) is 16.0. The molecule has 0 radical (unpaired) electrons. The van der Waals surface area contributed by atoms with Crippen molar-refractivity contribution in [1.82, 2.24) is 4.90 Å². The van der Waals surface area contributed by atoms with Crippen molar-refractivity contribution in [3.8, 4) is 0 Å². The predicted octanol–water partition coefficient (Wildman–Crippen LogP) is 4.79. The molecule has 2 heteroatoms. The van der Waals surface area contributed by atoms with Crippen molar-refractivity contribution in [1.29, 1.82) is 0 Å². The SMILES string of the molecule is CCc1ccc(C=C2CN(C)C/C(=C\c3ccc(CC)cc3)C2=O)cc1. The number of hydrogen-bond donors (Lipinski definition) is 0. The van der Waals surface area contributed by atoms with Crippen LogP contribution in [0.2, 0.25) is 0 Å². The van der Waals surface area contributed by atoms with E-state index in [-0.39, 0.29) is 5.78 Å². The summed E-state index contributed by atoms with van der Waals surface area (Å²) < 4.78 is 0. The first-order chi connectivity index (χ1) is 12.6. The number of piperidine rings is 1. The van der Waals surface area contributed by atoms with Crippen LogP contribution in [0.3, 0.4) is 0 Å². The molecule has 0 aliphatic carbocycles. The number of nitrogens with zero attached hydrogens (tertiary/aromatic N) is 1. The van der Waals surface area contributed by atoms with Crippen molar-refractivity contribution in [2.24, 2.45) is 0 Å². The van der Waals surface area contributed by atoms with Crippen molar-refractivity contribution in [3.05, 3.63) is 81.9 Å². The maximum absolute atomic E-state index is 13.0. The van der Waals surface area contributed by atoms with E-state index in [0.717, 1.165) is 35.1 Å². The Morgan fingerprint density at radius 2 is 1.15 bits per heavy atom. The number of rotatable bonds is 4. The van der Waals surface area contributed by atoms with Crippen LogP contribution in [0.25, 0.3) is 12.2 Å². The lowest BCUT2D eigenvalue weighted by Crippen LogP contribution is -2.34. The summed E-state index contributed by atoms with van der Waals surface area (Å²) in [5, 5.41) is 0. The number of carbonyl (C=O) groups is 1. The standard InChI is InChI=1S/C24H27NO/c1-4-18-6-10-20(11-7-18)14-22-16-25(3)17-23(24(22)26)15-21-12-8-19(5-2)9-13-21/h6-15H,4-5,16-17H2,1-3H3/b22-14+,23-15?. The lowest BCUT2D eigenvalue weighted by atomic mass is 9.94. The maximum Gasteiger partial charge on any atom is 0.187 e. The second-order valence-electron chi connectivity index (χ2n) is 7.03. The van der Waals surface area contributed by atoms with E-state index in [0.29, 0.717) is 13.1 Å². The monoisotopic (exact) mass is 345 g/mol. The molecule has 1 aliphatic rings. The van der Waals surface area contributed by atoms with Crippen molar-refractivity contribution in [3.63, 3.8) is 0 Å². The summed E-state index contributed by atoms with van der Waals surface area (Å²) in [4.78, 5) is 15.2. The van der Waals surface area contributed by atoms with Gasteiger partial charge in [-0.2, -0.15) is 0 Å². The van der Waals surface area contributed by atoms with E-state index < -0.39 is 0 Å². The van der Waals surface area contributed by atoms with Gasteiger partial charge in [-0.1, -0.05) is 62.4 Å². The molecule has 2 nitrogen and oxygen atoms in total. The molecule has 26 heavy (non-hydrogen) atoms. The number of benzene rings is 2. The highest BCUT2D eigenvalue weighted by atomic mass is 16.1. The minimum Gasteiger partial charge on any atom is -0.298 e. The molecule has 0 amide bonds. The largest absolute Gasteiger partial charge is 0.298 e. The van der Waals surface area contributed by atoms with Crippen molar-refractivity contribution in [2.45, 2.75) is 26.7 Å². The lowest BCUT2D eigenvalue weighted by molar-refractivity contribution is -0.113. The smallest absolute Gasteiger partial charge is 0.187 e. The molecule has 0 unspecified atom stereocenters. The molecule has 2 aromatic carbocycles. The van der Waals surface area contributed by atoms with Gasteiger partial charge in [0.25, 0.3) is 0 Å². The number of ketones is 1. The molecule has 0 bridgehead atoms. The Hall–Kier alpha value is -2.45. The van der Waals surface area contributed by atoms with Gasteiger partial charge >= 0.3 is 0 Å².